The molecule has 0 unspecified atom stereocenters. The first-order valence-corrected chi connectivity index (χ1v) is 6.04. The zero-order chi connectivity index (χ0) is 14.4. The maximum absolute atomic E-state index is 13.0. The first-order chi connectivity index (χ1) is 9.66. The van der Waals surface area contributed by atoms with Crippen LogP contribution in [0.5, 0.6) is 5.75 Å². The van der Waals surface area contributed by atoms with Crippen molar-refractivity contribution in [1.82, 2.24) is 10.3 Å². The molecule has 2 rings (SSSR count). The van der Waals surface area contributed by atoms with E-state index in [4.69, 9.17) is 10.5 Å². The molecule has 0 fully saturated rings. The molecule has 0 aliphatic carbocycles. The monoisotopic (exact) mass is 275 g/mol. The Morgan fingerprint density at radius 2 is 2.10 bits per heavy atom. The summed E-state index contributed by atoms with van der Waals surface area (Å²) in [6.07, 6.45) is 0.963. The fourth-order valence-corrected chi connectivity index (χ4v) is 1.58. The Labute approximate surface area is 115 Å². The van der Waals surface area contributed by atoms with E-state index in [2.05, 4.69) is 10.3 Å². The molecule has 104 valence electrons. The van der Waals surface area contributed by atoms with Crippen LogP contribution in [0.25, 0.3) is 0 Å². The lowest BCUT2D eigenvalue weighted by Crippen LogP contribution is -2.29. The lowest BCUT2D eigenvalue weighted by atomic mass is 10.2. The van der Waals surface area contributed by atoms with E-state index >= 15 is 0 Å². The van der Waals surface area contributed by atoms with Gasteiger partial charge in [-0.2, -0.15) is 0 Å². The van der Waals surface area contributed by atoms with Crippen molar-refractivity contribution in [3.63, 3.8) is 0 Å². The molecule has 0 saturated heterocycles. The zero-order valence-corrected chi connectivity index (χ0v) is 10.7. The summed E-state index contributed by atoms with van der Waals surface area (Å²) < 4.78 is 18.4. The van der Waals surface area contributed by atoms with Gasteiger partial charge in [-0.3, -0.25) is 4.79 Å². The van der Waals surface area contributed by atoms with Gasteiger partial charge in [-0.05, 0) is 18.2 Å². The number of amides is 1. The molecule has 0 radical (unpaired) electrons. The average molecular weight is 275 g/mol. The van der Waals surface area contributed by atoms with E-state index in [-0.39, 0.29) is 17.9 Å². The van der Waals surface area contributed by atoms with Gasteiger partial charge in [0.25, 0.3) is 5.91 Å². The number of carbonyl (C=O) groups is 1. The molecule has 1 aromatic heterocycles. The number of hydrogen-bond donors (Lipinski definition) is 2. The molecule has 0 aliphatic heterocycles. The van der Waals surface area contributed by atoms with Gasteiger partial charge >= 0.3 is 0 Å². The molecule has 2 aromatic rings. The molecule has 20 heavy (non-hydrogen) atoms. The Morgan fingerprint density at radius 1 is 1.35 bits per heavy atom. The van der Waals surface area contributed by atoms with Crippen molar-refractivity contribution < 1.29 is 13.9 Å². The number of rotatable bonds is 5. The van der Waals surface area contributed by atoms with Crippen LogP contribution in [0.15, 0.2) is 42.6 Å². The van der Waals surface area contributed by atoms with Gasteiger partial charge < -0.3 is 15.8 Å². The van der Waals surface area contributed by atoms with E-state index in [9.17, 15) is 9.18 Å². The Morgan fingerprint density at radius 3 is 2.85 bits per heavy atom. The lowest BCUT2D eigenvalue weighted by Gasteiger charge is -2.08. The van der Waals surface area contributed by atoms with Crippen LogP contribution in [-0.4, -0.2) is 24.0 Å². The highest BCUT2D eigenvalue weighted by atomic mass is 19.1. The number of nitrogens with one attached hydrogen (secondary N) is 1. The van der Waals surface area contributed by atoms with Crippen LogP contribution in [0.4, 0.5) is 10.2 Å². The summed E-state index contributed by atoms with van der Waals surface area (Å²) in [6, 6.07) is 10.3. The molecule has 1 heterocycles. The van der Waals surface area contributed by atoms with Crippen LogP contribution in [0.2, 0.25) is 0 Å². The second kappa shape index (κ2) is 6.51. The maximum Gasteiger partial charge on any atom is 0.255 e. The third kappa shape index (κ3) is 3.68. The van der Waals surface area contributed by atoms with Crippen molar-refractivity contribution in [2.45, 2.75) is 0 Å². The maximum atomic E-state index is 13.0. The van der Waals surface area contributed by atoms with Crippen molar-refractivity contribution in [2.24, 2.45) is 0 Å². The predicted octanol–water partition coefficient (Wildman–Crippen LogP) is 1.61. The molecule has 5 nitrogen and oxygen atoms in total. The van der Waals surface area contributed by atoms with Crippen molar-refractivity contribution in [1.29, 1.82) is 0 Å². The van der Waals surface area contributed by atoms with Crippen LogP contribution in [0.3, 0.4) is 0 Å². The number of ether oxygens (including phenoxy) is 1. The Kier molecular flexibility index (Phi) is 4.49. The number of anilines is 1. The number of pyridine rings is 1. The highest BCUT2D eigenvalue weighted by Crippen LogP contribution is 2.10. The Balaban J connectivity index is 1.82. The fourth-order valence-electron chi connectivity index (χ4n) is 1.58. The topological polar surface area (TPSA) is 77.2 Å². The number of hydrogen-bond acceptors (Lipinski definition) is 4. The summed E-state index contributed by atoms with van der Waals surface area (Å²) in [5.41, 5.74) is 5.53. The number of nitrogens with two attached hydrogens (primary N) is 1. The van der Waals surface area contributed by atoms with E-state index in [1.807, 2.05) is 30.3 Å². The van der Waals surface area contributed by atoms with E-state index in [1.165, 1.54) is 0 Å². The highest BCUT2D eigenvalue weighted by molar-refractivity contribution is 5.98. The van der Waals surface area contributed by atoms with E-state index < -0.39 is 11.7 Å². The average Bonchev–Trinajstić information content (AvgIpc) is 2.47. The minimum Gasteiger partial charge on any atom is -0.492 e. The first-order valence-electron chi connectivity index (χ1n) is 6.04. The SMILES string of the molecule is Nc1ncc(F)cc1C(=O)NCCOc1ccccc1. The van der Waals surface area contributed by atoms with E-state index in [0.29, 0.717) is 12.4 Å². The summed E-state index contributed by atoms with van der Waals surface area (Å²) in [5, 5.41) is 2.59. The predicted molar refractivity (Wildman–Crippen MR) is 72.9 cm³/mol. The summed E-state index contributed by atoms with van der Waals surface area (Å²) in [4.78, 5) is 15.4. The second-order valence-electron chi connectivity index (χ2n) is 4.00. The van der Waals surface area contributed by atoms with E-state index in [1.54, 1.807) is 0 Å². The molecule has 0 aliphatic rings. The first kappa shape index (κ1) is 13.8. The van der Waals surface area contributed by atoms with Gasteiger partial charge in [-0.15, -0.1) is 0 Å². The van der Waals surface area contributed by atoms with Gasteiger partial charge in [0.2, 0.25) is 0 Å². The number of benzene rings is 1. The van der Waals surface area contributed by atoms with Gasteiger partial charge in [0.1, 0.15) is 24.0 Å². The largest absolute Gasteiger partial charge is 0.492 e. The van der Waals surface area contributed by atoms with Gasteiger partial charge in [-0.25, -0.2) is 9.37 Å². The molecule has 3 N–H and O–H groups in total. The van der Waals surface area contributed by atoms with Gasteiger partial charge in [-0.1, -0.05) is 18.2 Å². The van der Waals surface area contributed by atoms with Crippen LogP contribution < -0.4 is 15.8 Å². The van der Waals surface area contributed by atoms with Crippen molar-refractivity contribution >= 4 is 11.7 Å². The molecular formula is C14H14FN3O2. The van der Waals surface area contributed by atoms with Crippen molar-refractivity contribution in [2.75, 3.05) is 18.9 Å². The molecule has 1 amide bonds. The standard InChI is InChI=1S/C14H14FN3O2/c15-10-8-12(13(16)18-9-10)14(19)17-6-7-20-11-4-2-1-3-5-11/h1-5,8-9H,6-7H2,(H2,16,18)(H,17,19). The van der Waals surface area contributed by atoms with Crippen molar-refractivity contribution in [3.8, 4) is 5.75 Å². The third-order valence-electron chi connectivity index (χ3n) is 2.53. The van der Waals surface area contributed by atoms with Gasteiger partial charge in [0.05, 0.1) is 18.3 Å². The number of carbonyl (C=O) groups excluding carboxylic acids is 1. The Hall–Kier alpha value is -2.63. The van der Waals surface area contributed by atoms with Crippen LogP contribution in [0, 0.1) is 5.82 Å². The number of para-hydroxylation sites is 1. The molecule has 6 heteroatoms. The molecule has 1 aromatic carbocycles. The molecule has 0 saturated carbocycles. The summed E-state index contributed by atoms with van der Waals surface area (Å²) in [7, 11) is 0. The fraction of sp³-hybridized carbons (Fsp3) is 0.143. The minimum absolute atomic E-state index is 0.00659. The smallest absolute Gasteiger partial charge is 0.255 e. The van der Waals surface area contributed by atoms with Gasteiger partial charge in [0, 0.05) is 0 Å². The zero-order valence-electron chi connectivity index (χ0n) is 10.7. The quantitative estimate of drug-likeness (QED) is 0.813. The lowest BCUT2D eigenvalue weighted by molar-refractivity contribution is 0.0947. The summed E-state index contributed by atoms with van der Waals surface area (Å²) in [6.45, 7) is 0.585. The normalized spacial score (nSPS) is 10.1. The minimum atomic E-state index is -0.607. The second-order valence-corrected chi connectivity index (χ2v) is 4.00. The molecule has 0 bridgehead atoms. The van der Waals surface area contributed by atoms with Crippen LogP contribution >= 0.6 is 0 Å². The van der Waals surface area contributed by atoms with E-state index in [0.717, 1.165) is 12.3 Å². The van der Waals surface area contributed by atoms with Crippen LogP contribution in [0.1, 0.15) is 10.4 Å². The molecular weight excluding hydrogens is 261 g/mol. The third-order valence-corrected chi connectivity index (χ3v) is 2.53. The Bertz CT molecular complexity index is 590. The number of halogens is 1. The summed E-state index contributed by atoms with van der Waals surface area (Å²) in [5.74, 6) is -0.377. The number of nitrogen functional groups attached to an aromatic ring is 1. The van der Waals surface area contributed by atoms with Crippen molar-refractivity contribution in [3.05, 3.63) is 54.0 Å². The molecule has 0 atom stereocenters. The molecule has 0 spiro atoms. The summed E-state index contributed by atoms with van der Waals surface area (Å²) >= 11 is 0. The highest BCUT2D eigenvalue weighted by Gasteiger charge is 2.11. The van der Waals surface area contributed by atoms with Gasteiger partial charge in [0.15, 0.2) is 0 Å². The number of nitrogens with zero attached hydrogens (tertiary/aromatic N) is 1. The van der Waals surface area contributed by atoms with Crippen LogP contribution in [-0.2, 0) is 0 Å². The number of aromatic nitrogens is 1.